The Bertz CT molecular complexity index is 978. The molecule has 2 aromatic rings. The molecule has 0 aromatic heterocycles. The third-order valence-corrected chi connectivity index (χ3v) is 6.60. The summed E-state index contributed by atoms with van der Waals surface area (Å²) < 4.78 is 58.7. The van der Waals surface area contributed by atoms with E-state index < -0.39 is 15.8 Å². The highest BCUT2D eigenvalue weighted by atomic mass is 32.2. The Balaban J connectivity index is 1.49. The fourth-order valence-electron chi connectivity index (χ4n) is 3.02. The maximum atomic E-state index is 13.9. The van der Waals surface area contributed by atoms with Gasteiger partial charge in [0.2, 0.25) is 10.0 Å². The second-order valence-electron chi connectivity index (χ2n) is 6.94. The molecule has 1 heterocycles. The number of benzene rings is 2. The van der Waals surface area contributed by atoms with Crippen molar-refractivity contribution < 1.29 is 26.7 Å². The van der Waals surface area contributed by atoms with Gasteiger partial charge in [0.1, 0.15) is 28.9 Å². The van der Waals surface area contributed by atoms with Crippen LogP contribution < -0.4 is 10.1 Å². The molecule has 1 fully saturated rings. The van der Waals surface area contributed by atoms with E-state index in [0.29, 0.717) is 5.75 Å². The Morgan fingerprint density at radius 3 is 2.33 bits per heavy atom. The molecular weight excluding hydrogens is 416 g/mol. The highest BCUT2D eigenvalue weighted by molar-refractivity contribution is 7.89. The van der Waals surface area contributed by atoms with Gasteiger partial charge in [0.15, 0.2) is 0 Å². The molecule has 1 atom stereocenters. The smallest absolute Gasteiger partial charge is 0.317 e. The van der Waals surface area contributed by atoms with Crippen LogP contribution in [0.1, 0.15) is 6.92 Å². The van der Waals surface area contributed by atoms with Gasteiger partial charge in [-0.25, -0.2) is 22.0 Å². The minimum Gasteiger partial charge on any atom is -0.491 e. The number of amides is 2. The standard InChI is InChI=1S/C20H23F2N3O4S/c1-15(14-29-17-8-6-16(21)7-9-17)23-20(26)24-10-12-25(13-11-24)30(27,28)19-5-3-2-4-18(19)22/h2-9,15H,10-14H2,1H3,(H,23,26). The summed E-state index contributed by atoms with van der Waals surface area (Å²) in [6.45, 7) is 2.48. The number of nitrogens with zero attached hydrogens (tertiary/aromatic N) is 2. The molecule has 1 aliphatic heterocycles. The van der Waals surface area contributed by atoms with Crippen LogP contribution in [0.15, 0.2) is 53.4 Å². The molecular formula is C20H23F2N3O4S. The van der Waals surface area contributed by atoms with Gasteiger partial charge < -0.3 is 15.0 Å². The van der Waals surface area contributed by atoms with Gasteiger partial charge in [-0.3, -0.25) is 0 Å². The summed E-state index contributed by atoms with van der Waals surface area (Å²) in [4.78, 5) is 13.6. The number of piperazine rings is 1. The van der Waals surface area contributed by atoms with Crippen molar-refractivity contribution in [2.75, 3.05) is 32.8 Å². The molecule has 0 bridgehead atoms. The minimum absolute atomic E-state index is 0.0740. The molecule has 30 heavy (non-hydrogen) atoms. The summed E-state index contributed by atoms with van der Waals surface area (Å²) in [5.41, 5.74) is 0. The highest BCUT2D eigenvalue weighted by Gasteiger charge is 2.32. The van der Waals surface area contributed by atoms with Crippen molar-refractivity contribution in [3.63, 3.8) is 0 Å². The van der Waals surface area contributed by atoms with Gasteiger partial charge in [-0.05, 0) is 43.3 Å². The first-order valence-corrected chi connectivity index (χ1v) is 10.9. The number of hydrogen-bond acceptors (Lipinski definition) is 4. The quantitative estimate of drug-likeness (QED) is 0.750. The molecule has 2 amide bonds. The highest BCUT2D eigenvalue weighted by Crippen LogP contribution is 2.20. The molecule has 3 rings (SSSR count). The summed E-state index contributed by atoms with van der Waals surface area (Å²) in [5.74, 6) is -0.669. The van der Waals surface area contributed by atoms with Gasteiger partial charge >= 0.3 is 6.03 Å². The monoisotopic (exact) mass is 439 g/mol. The number of halogens is 2. The first-order valence-electron chi connectivity index (χ1n) is 9.46. The van der Waals surface area contributed by atoms with Crippen LogP contribution in [0.3, 0.4) is 0 Å². The van der Waals surface area contributed by atoms with Crippen molar-refractivity contribution in [2.24, 2.45) is 0 Å². The average Bonchev–Trinajstić information content (AvgIpc) is 2.73. The fourth-order valence-corrected chi connectivity index (χ4v) is 4.51. The lowest BCUT2D eigenvalue weighted by atomic mass is 10.3. The second kappa shape index (κ2) is 9.40. The zero-order valence-corrected chi connectivity index (χ0v) is 17.2. The Hall–Kier alpha value is -2.72. The minimum atomic E-state index is -3.95. The molecule has 0 aliphatic carbocycles. The lowest BCUT2D eigenvalue weighted by Gasteiger charge is -2.34. The van der Waals surface area contributed by atoms with E-state index in [1.807, 2.05) is 0 Å². The van der Waals surface area contributed by atoms with Gasteiger partial charge in [0.25, 0.3) is 0 Å². The van der Waals surface area contributed by atoms with Crippen molar-refractivity contribution in [3.8, 4) is 5.75 Å². The van der Waals surface area contributed by atoms with Crippen LogP contribution >= 0.6 is 0 Å². The summed E-state index contributed by atoms with van der Waals surface area (Å²) in [6, 6.07) is 10.1. The maximum absolute atomic E-state index is 13.9. The van der Waals surface area contributed by atoms with Gasteiger partial charge in [-0.1, -0.05) is 12.1 Å². The number of rotatable bonds is 6. The van der Waals surface area contributed by atoms with Crippen LogP contribution in [0.4, 0.5) is 13.6 Å². The third-order valence-electron chi connectivity index (χ3n) is 4.66. The predicted octanol–water partition coefficient (Wildman–Crippen LogP) is 2.45. The van der Waals surface area contributed by atoms with E-state index in [1.54, 1.807) is 6.92 Å². The topological polar surface area (TPSA) is 79.0 Å². The Morgan fingerprint density at radius 2 is 1.70 bits per heavy atom. The number of ether oxygens (including phenoxy) is 1. The molecule has 1 aliphatic rings. The van der Waals surface area contributed by atoms with E-state index >= 15 is 0 Å². The van der Waals surface area contributed by atoms with Crippen LogP contribution in [0.25, 0.3) is 0 Å². The van der Waals surface area contributed by atoms with Crippen molar-refractivity contribution in [1.82, 2.24) is 14.5 Å². The predicted molar refractivity (Wildman–Crippen MR) is 107 cm³/mol. The van der Waals surface area contributed by atoms with Crippen LogP contribution in [0, 0.1) is 11.6 Å². The molecule has 0 saturated carbocycles. The van der Waals surface area contributed by atoms with Crippen LogP contribution in [-0.2, 0) is 10.0 Å². The van der Waals surface area contributed by atoms with Gasteiger partial charge in [-0.15, -0.1) is 0 Å². The Labute approximate surface area is 174 Å². The summed E-state index contributed by atoms with van der Waals surface area (Å²) >= 11 is 0. The van der Waals surface area contributed by atoms with E-state index in [4.69, 9.17) is 4.74 Å². The van der Waals surface area contributed by atoms with Gasteiger partial charge in [0, 0.05) is 26.2 Å². The van der Waals surface area contributed by atoms with E-state index in [0.717, 1.165) is 6.07 Å². The first-order chi connectivity index (χ1) is 14.3. The summed E-state index contributed by atoms with van der Waals surface area (Å²) in [6.07, 6.45) is 0. The Morgan fingerprint density at radius 1 is 1.07 bits per heavy atom. The van der Waals surface area contributed by atoms with Crippen molar-refractivity contribution in [3.05, 3.63) is 60.2 Å². The second-order valence-corrected chi connectivity index (χ2v) is 8.84. The molecule has 7 nitrogen and oxygen atoms in total. The van der Waals surface area contributed by atoms with Crippen molar-refractivity contribution >= 4 is 16.1 Å². The van der Waals surface area contributed by atoms with E-state index in [2.05, 4.69) is 5.32 Å². The molecule has 162 valence electrons. The number of urea groups is 1. The number of sulfonamides is 1. The molecule has 0 radical (unpaired) electrons. The fraction of sp³-hybridized carbons (Fsp3) is 0.350. The molecule has 2 aromatic carbocycles. The SMILES string of the molecule is CC(COc1ccc(F)cc1)NC(=O)N1CCN(S(=O)(=O)c2ccccc2F)CC1. The lowest BCUT2D eigenvalue weighted by molar-refractivity contribution is 0.164. The average molecular weight is 439 g/mol. The number of carbonyl (C=O) groups excluding carboxylic acids is 1. The third kappa shape index (κ3) is 5.25. The van der Waals surface area contributed by atoms with Crippen LogP contribution in [-0.4, -0.2) is 62.5 Å². The van der Waals surface area contributed by atoms with Crippen molar-refractivity contribution in [1.29, 1.82) is 0 Å². The zero-order chi connectivity index (χ0) is 21.7. The first kappa shape index (κ1) is 22.0. The van der Waals surface area contributed by atoms with Crippen LogP contribution in [0.5, 0.6) is 5.75 Å². The number of carbonyl (C=O) groups is 1. The summed E-state index contributed by atoms with van der Waals surface area (Å²) in [7, 11) is -3.95. The van der Waals surface area contributed by atoms with Crippen molar-refractivity contribution in [2.45, 2.75) is 17.9 Å². The zero-order valence-electron chi connectivity index (χ0n) is 16.4. The molecule has 1 saturated heterocycles. The molecule has 10 heteroatoms. The number of hydrogen-bond donors (Lipinski definition) is 1. The lowest BCUT2D eigenvalue weighted by Crippen LogP contribution is -2.54. The van der Waals surface area contributed by atoms with Gasteiger partial charge in [-0.2, -0.15) is 4.31 Å². The van der Waals surface area contributed by atoms with E-state index in [1.165, 1.54) is 51.7 Å². The largest absolute Gasteiger partial charge is 0.491 e. The maximum Gasteiger partial charge on any atom is 0.317 e. The molecule has 0 spiro atoms. The Kier molecular flexibility index (Phi) is 6.88. The normalized spacial score (nSPS) is 16.2. The number of nitrogens with one attached hydrogen (secondary N) is 1. The van der Waals surface area contributed by atoms with Crippen LogP contribution in [0.2, 0.25) is 0 Å². The van der Waals surface area contributed by atoms with Gasteiger partial charge in [0.05, 0.1) is 6.04 Å². The molecule has 1 N–H and O–H groups in total. The van der Waals surface area contributed by atoms with E-state index in [9.17, 15) is 22.0 Å². The van der Waals surface area contributed by atoms with E-state index in [-0.39, 0.29) is 55.6 Å². The summed E-state index contributed by atoms with van der Waals surface area (Å²) in [5, 5.41) is 2.79. The molecule has 1 unspecified atom stereocenters.